The largest absolute Gasteiger partial charge is 0.356 e. The van der Waals surface area contributed by atoms with Crippen LogP contribution in [0.25, 0.3) is 16.8 Å². The van der Waals surface area contributed by atoms with Gasteiger partial charge in [0.2, 0.25) is 5.91 Å². The van der Waals surface area contributed by atoms with Gasteiger partial charge in [0.05, 0.1) is 0 Å². The fraction of sp³-hybridized carbons (Fsp3) is 0.176. The van der Waals surface area contributed by atoms with E-state index in [1.165, 1.54) is 6.92 Å². The van der Waals surface area contributed by atoms with Crippen LogP contribution in [-0.4, -0.2) is 18.7 Å². The zero-order valence-corrected chi connectivity index (χ0v) is 11.4. The molecule has 2 rings (SSSR count). The third-order valence-electron chi connectivity index (χ3n) is 3.10. The summed E-state index contributed by atoms with van der Waals surface area (Å²) < 4.78 is 0. The molecule has 0 saturated heterocycles. The average molecular weight is 267 g/mol. The Morgan fingerprint density at radius 3 is 2.75 bits per heavy atom. The highest BCUT2D eigenvalue weighted by molar-refractivity contribution is 5.98. The molecule has 20 heavy (non-hydrogen) atoms. The topological polar surface area (TPSA) is 46.2 Å². The van der Waals surface area contributed by atoms with Crippen molar-refractivity contribution in [3.8, 4) is 0 Å². The summed E-state index contributed by atoms with van der Waals surface area (Å²) in [6.45, 7) is 2.10. The van der Waals surface area contributed by atoms with Crippen LogP contribution >= 0.6 is 0 Å². The number of aldehydes is 1. The van der Waals surface area contributed by atoms with Crippen LogP contribution in [0.3, 0.4) is 0 Å². The maximum Gasteiger partial charge on any atom is 0.216 e. The van der Waals surface area contributed by atoms with Gasteiger partial charge in [0.25, 0.3) is 0 Å². The Hall–Kier alpha value is -2.42. The van der Waals surface area contributed by atoms with Gasteiger partial charge >= 0.3 is 0 Å². The first-order chi connectivity index (χ1) is 9.72. The van der Waals surface area contributed by atoms with E-state index in [1.807, 2.05) is 48.6 Å². The zero-order valence-electron chi connectivity index (χ0n) is 11.4. The van der Waals surface area contributed by atoms with Crippen molar-refractivity contribution >= 4 is 29.0 Å². The summed E-state index contributed by atoms with van der Waals surface area (Å²) in [7, 11) is 0. The van der Waals surface area contributed by atoms with Gasteiger partial charge in [0.1, 0.15) is 0 Å². The van der Waals surface area contributed by atoms with Crippen molar-refractivity contribution in [2.75, 3.05) is 6.54 Å². The molecule has 0 unspecified atom stereocenters. The lowest BCUT2D eigenvalue weighted by molar-refractivity contribution is -0.118. The van der Waals surface area contributed by atoms with Gasteiger partial charge < -0.3 is 5.32 Å². The van der Waals surface area contributed by atoms with Crippen molar-refractivity contribution in [3.05, 3.63) is 53.6 Å². The van der Waals surface area contributed by atoms with Crippen LogP contribution < -0.4 is 5.32 Å². The molecule has 3 heteroatoms. The number of nitrogens with one attached hydrogen (secondary N) is 1. The zero-order chi connectivity index (χ0) is 14.4. The molecule has 102 valence electrons. The van der Waals surface area contributed by atoms with E-state index in [0.29, 0.717) is 12.1 Å². The summed E-state index contributed by atoms with van der Waals surface area (Å²) in [4.78, 5) is 21.9. The second-order valence-corrected chi connectivity index (χ2v) is 4.58. The van der Waals surface area contributed by atoms with E-state index >= 15 is 0 Å². The van der Waals surface area contributed by atoms with Crippen molar-refractivity contribution in [1.82, 2.24) is 5.32 Å². The highest BCUT2D eigenvalue weighted by Crippen LogP contribution is 2.23. The Balaban J connectivity index is 2.25. The predicted molar refractivity (Wildman–Crippen MR) is 81.7 cm³/mol. The quantitative estimate of drug-likeness (QED) is 0.668. The van der Waals surface area contributed by atoms with E-state index in [-0.39, 0.29) is 5.91 Å². The smallest absolute Gasteiger partial charge is 0.216 e. The minimum Gasteiger partial charge on any atom is -0.356 e. The van der Waals surface area contributed by atoms with E-state index in [2.05, 4.69) is 5.32 Å². The summed E-state index contributed by atoms with van der Waals surface area (Å²) in [5.41, 5.74) is 1.61. The van der Waals surface area contributed by atoms with Crippen molar-refractivity contribution in [1.29, 1.82) is 0 Å². The lowest BCUT2D eigenvalue weighted by Gasteiger charge is -2.05. The van der Waals surface area contributed by atoms with Crippen LogP contribution in [0.15, 0.2) is 42.5 Å². The maximum atomic E-state index is 11.2. The molecule has 0 aromatic heterocycles. The van der Waals surface area contributed by atoms with Gasteiger partial charge in [0.15, 0.2) is 6.29 Å². The number of carbonyl (C=O) groups is 2. The van der Waals surface area contributed by atoms with Crippen molar-refractivity contribution < 1.29 is 9.59 Å². The van der Waals surface area contributed by atoms with E-state index in [0.717, 1.165) is 29.0 Å². The molecular formula is C17H17NO2. The number of amides is 1. The predicted octanol–water partition coefficient (Wildman–Crippen LogP) is 3.19. The van der Waals surface area contributed by atoms with E-state index in [9.17, 15) is 9.59 Å². The SMILES string of the molecule is CC(=O)NCCC=Cc1c(C=O)ccc2ccccc12. The molecular weight excluding hydrogens is 250 g/mol. The van der Waals surface area contributed by atoms with Crippen LogP contribution in [0.2, 0.25) is 0 Å². The monoisotopic (exact) mass is 267 g/mol. The normalized spacial score (nSPS) is 10.8. The summed E-state index contributed by atoms with van der Waals surface area (Å²) in [5, 5.41) is 4.91. The first-order valence-corrected chi connectivity index (χ1v) is 6.60. The number of rotatable bonds is 5. The van der Waals surface area contributed by atoms with E-state index in [1.54, 1.807) is 0 Å². The molecule has 0 radical (unpaired) electrons. The first kappa shape index (κ1) is 14.0. The van der Waals surface area contributed by atoms with E-state index < -0.39 is 0 Å². The molecule has 0 aliphatic rings. The number of fused-ring (bicyclic) bond motifs is 1. The fourth-order valence-electron chi connectivity index (χ4n) is 2.13. The minimum atomic E-state index is -0.0304. The second-order valence-electron chi connectivity index (χ2n) is 4.58. The highest BCUT2D eigenvalue weighted by atomic mass is 16.1. The average Bonchev–Trinajstić information content (AvgIpc) is 2.46. The molecule has 3 nitrogen and oxygen atoms in total. The Kier molecular flexibility index (Phi) is 4.66. The summed E-state index contributed by atoms with van der Waals surface area (Å²) in [6, 6.07) is 11.8. The molecule has 0 bridgehead atoms. The molecule has 0 heterocycles. The minimum absolute atomic E-state index is 0.0304. The molecule has 0 fully saturated rings. The summed E-state index contributed by atoms with van der Waals surface area (Å²) in [5.74, 6) is -0.0304. The second kappa shape index (κ2) is 6.66. The van der Waals surface area contributed by atoms with E-state index in [4.69, 9.17) is 0 Å². The van der Waals surface area contributed by atoms with Crippen molar-refractivity contribution in [3.63, 3.8) is 0 Å². The molecule has 1 amide bonds. The molecule has 0 aliphatic carbocycles. The van der Waals surface area contributed by atoms with Gasteiger partial charge in [-0.3, -0.25) is 9.59 Å². The molecule has 1 N–H and O–H groups in total. The third kappa shape index (κ3) is 3.32. The Bertz CT molecular complexity index is 659. The van der Waals surface area contributed by atoms with Gasteiger partial charge in [-0.05, 0) is 22.8 Å². The summed E-state index contributed by atoms with van der Waals surface area (Å²) in [6.07, 6.45) is 5.54. The van der Waals surface area contributed by atoms with Crippen molar-refractivity contribution in [2.45, 2.75) is 13.3 Å². The lowest BCUT2D eigenvalue weighted by Crippen LogP contribution is -2.20. The van der Waals surface area contributed by atoms with Gasteiger partial charge in [-0.15, -0.1) is 0 Å². The molecule has 2 aromatic rings. The Morgan fingerprint density at radius 2 is 2.00 bits per heavy atom. The molecule has 0 saturated carbocycles. The summed E-state index contributed by atoms with van der Waals surface area (Å²) >= 11 is 0. The van der Waals surface area contributed by atoms with Gasteiger partial charge in [-0.2, -0.15) is 0 Å². The van der Waals surface area contributed by atoms with Crippen LogP contribution in [-0.2, 0) is 4.79 Å². The molecule has 0 spiro atoms. The Morgan fingerprint density at radius 1 is 1.20 bits per heavy atom. The van der Waals surface area contributed by atoms with Crippen molar-refractivity contribution in [2.24, 2.45) is 0 Å². The van der Waals surface area contributed by atoms with Crippen LogP contribution in [0.1, 0.15) is 29.3 Å². The fourth-order valence-corrected chi connectivity index (χ4v) is 2.13. The number of carbonyl (C=O) groups excluding carboxylic acids is 2. The number of hydrogen-bond donors (Lipinski definition) is 1. The Labute approximate surface area is 118 Å². The molecule has 0 aliphatic heterocycles. The number of benzene rings is 2. The van der Waals surface area contributed by atoms with Crippen LogP contribution in [0, 0.1) is 0 Å². The lowest BCUT2D eigenvalue weighted by atomic mass is 9.99. The van der Waals surface area contributed by atoms with Crippen LogP contribution in [0.5, 0.6) is 0 Å². The highest BCUT2D eigenvalue weighted by Gasteiger charge is 2.03. The maximum absolute atomic E-state index is 11.2. The van der Waals surface area contributed by atoms with Crippen LogP contribution in [0.4, 0.5) is 0 Å². The standard InChI is InChI=1S/C17H17NO2/c1-13(20)18-11-5-4-8-17-15(12-19)10-9-14-6-2-3-7-16(14)17/h2-4,6-10,12H,5,11H2,1H3,(H,18,20). The van der Waals surface area contributed by atoms with Gasteiger partial charge in [-0.25, -0.2) is 0 Å². The molecule has 0 atom stereocenters. The third-order valence-corrected chi connectivity index (χ3v) is 3.10. The first-order valence-electron chi connectivity index (χ1n) is 6.60. The van der Waals surface area contributed by atoms with Gasteiger partial charge in [-0.1, -0.05) is 48.6 Å². The van der Waals surface area contributed by atoms with Gasteiger partial charge in [0, 0.05) is 19.0 Å². The number of hydrogen-bond acceptors (Lipinski definition) is 2. The molecule has 2 aromatic carbocycles.